The maximum absolute atomic E-state index is 12.7. The Bertz CT molecular complexity index is 1060. The molecule has 0 atom stereocenters. The summed E-state index contributed by atoms with van der Waals surface area (Å²) in [7, 11) is 0. The molecular formula is C18H14BrN3OS. The highest BCUT2D eigenvalue weighted by molar-refractivity contribution is 9.10. The van der Waals surface area contributed by atoms with Crippen molar-refractivity contribution in [3.05, 3.63) is 84.3 Å². The summed E-state index contributed by atoms with van der Waals surface area (Å²) in [5.41, 5.74) is 2.09. The third-order valence-electron chi connectivity index (χ3n) is 3.84. The lowest BCUT2D eigenvalue weighted by molar-refractivity contribution is 0.569. The lowest BCUT2D eigenvalue weighted by atomic mass is 10.2. The quantitative estimate of drug-likeness (QED) is 0.663. The second kappa shape index (κ2) is 6.37. The van der Waals surface area contributed by atoms with Crippen LogP contribution in [0.1, 0.15) is 5.56 Å². The Morgan fingerprint density at radius 1 is 1.12 bits per heavy atom. The van der Waals surface area contributed by atoms with Gasteiger partial charge in [-0.15, -0.1) is 0 Å². The number of fused-ring (bicyclic) bond motifs is 1. The molecule has 0 radical (unpaired) electrons. The molecule has 24 heavy (non-hydrogen) atoms. The Balaban J connectivity index is 1.74. The molecule has 2 heterocycles. The van der Waals surface area contributed by atoms with E-state index in [0.717, 1.165) is 20.5 Å². The highest BCUT2D eigenvalue weighted by Crippen LogP contribution is 2.15. The number of thiazole rings is 1. The molecule has 0 fully saturated rings. The number of para-hydroxylation sites is 1. The number of aromatic nitrogens is 1. The minimum atomic E-state index is 0.0133. The number of hydrogen-bond acceptors (Lipinski definition) is 4. The van der Waals surface area contributed by atoms with Crippen LogP contribution in [0.25, 0.3) is 6.08 Å². The molecule has 2 aromatic carbocycles. The highest BCUT2D eigenvalue weighted by Gasteiger charge is 2.15. The van der Waals surface area contributed by atoms with Crippen LogP contribution in [-0.2, 0) is 6.67 Å². The zero-order valence-corrected chi connectivity index (χ0v) is 15.1. The molecular weight excluding hydrogens is 386 g/mol. The molecule has 1 aliphatic rings. The molecule has 0 unspecified atom stereocenters. The average molecular weight is 400 g/mol. The van der Waals surface area contributed by atoms with E-state index in [1.165, 1.54) is 11.3 Å². The van der Waals surface area contributed by atoms with E-state index < -0.39 is 0 Å². The number of hydrogen-bond donors (Lipinski definition) is 0. The summed E-state index contributed by atoms with van der Waals surface area (Å²) < 4.78 is 3.45. The molecule has 0 N–H and O–H groups in total. The molecule has 120 valence electrons. The fourth-order valence-corrected chi connectivity index (χ4v) is 4.04. The van der Waals surface area contributed by atoms with Gasteiger partial charge in [0.2, 0.25) is 0 Å². The predicted octanol–water partition coefficient (Wildman–Crippen LogP) is 2.56. The molecule has 0 saturated heterocycles. The van der Waals surface area contributed by atoms with E-state index in [4.69, 9.17) is 0 Å². The van der Waals surface area contributed by atoms with Gasteiger partial charge < -0.3 is 4.90 Å². The van der Waals surface area contributed by atoms with Gasteiger partial charge >= 0.3 is 0 Å². The number of benzene rings is 2. The van der Waals surface area contributed by atoms with E-state index in [1.807, 2.05) is 60.7 Å². The molecule has 0 saturated carbocycles. The van der Waals surface area contributed by atoms with Gasteiger partial charge in [-0.3, -0.25) is 9.36 Å². The lowest BCUT2D eigenvalue weighted by Crippen LogP contribution is -2.42. The summed E-state index contributed by atoms with van der Waals surface area (Å²) in [6.45, 7) is 1.10. The summed E-state index contributed by atoms with van der Waals surface area (Å²) in [5, 5.41) is 0. The normalized spacial score (nSPS) is 14.4. The van der Waals surface area contributed by atoms with Crippen LogP contribution in [0.2, 0.25) is 0 Å². The first-order valence-corrected chi connectivity index (χ1v) is 9.13. The first kappa shape index (κ1) is 15.4. The molecule has 4 rings (SSSR count). The summed E-state index contributed by atoms with van der Waals surface area (Å²) in [4.78, 5) is 20.2. The molecule has 1 aliphatic heterocycles. The van der Waals surface area contributed by atoms with Crippen LogP contribution in [0.4, 0.5) is 5.69 Å². The molecule has 0 bridgehead atoms. The second-order valence-electron chi connectivity index (χ2n) is 5.50. The van der Waals surface area contributed by atoms with Gasteiger partial charge in [0.1, 0.15) is 13.3 Å². The SMILES string of the molecule is O=c1/c(=C/c2cccc(Br)c2)sc2n1CN(c1ccccc1)CN=2. The molecule has 4 nitrogen and oxygen atoms in total. The summed E-state index contributed by atoms with van der Waals surface area (Å²) in [6, 6.07) is 18.0. The fraction of sp³-hybridized carbons (Fsp3) is 0.111. The topological polar surface area (TPSA) is 37.6 Å². The number of anilines is 1. The fourth-order valence-electron chi connectivity index (χ4n) is 2.66. The van der Waals surface area contributed by atoms with E-state index in [9.17, 15) is 4.79 Å². The van der Waals surface area contributed by atoms with E-state index >= 15 is 0 Å². The monoisotopic (exact) mass is 399 g/mol. The van der Waals surface area contributed by atoms with Crippen molar-refractivity contribution in [2.45, 2.75) is 6.67 Å². The molecule has 1 aromatic heterocycles. The Labute approximate surface area is 151 Å². The van der Waals surface area contributed by atoms with Crippen molar-refractivity contribution < 1.29 is 0 Å². The first-order valence-electron chi connectivity index (χ1n) is 7.52. The Morgan fingerprint density at radius 2 is 1.96 bits per heavy atom. The Hall–Kier alpha value is -2.18. The van der Waals surface area contributed by atoms with Gasteiger partial charge in [0.15, 0.2) is 4.80 Å². The van der Waals surface area contributed by atoms with E-state index in [2.05, 4.69) is 25.8 Å². The zero-order valence-electron chi connectivity index (χ0n) is 12.7. The van der Waals surface area contributed by atoms with Gasteiger partial charge in [-0.2, -0.15) is 0 Å². The van der Waals surface area contributed by atoms with Crippen molar-refractivity contribution in [1.29, 1.82) is 0 Å². The van der Waals surface area contributed by atoms with Crippen molar-refractivity contribution in [3.63, 3.8) is 0 Å². The molecule has 6 heteroatoms. The van der Waals surface area contributed by atoms with Crippen molar-refractivity contribution in [2.75, 3.05) is 11.6 Å². The van der Waals surface area contributed by atoms with Crippen LogP contribution in [0.5, 0.6) is 0 Å². The summed E-state index contributed by atoms with van der Waals surface area (Å²) >= 11 is 4.91. The summed E-state index contributed by atoms with van der Waals surface area (Å²) in [5.74, 6) is 0. The third-order valence-corrected chi connectivity index (χ3v) is 5.38. The van der Waals surface area contributed by atoms with Crippen LogP contribution in [0.15, 0.2) is 68.9 Å². The largest absolute Gasteiger partial charge is 0.334 e. The highest BCUT2D eigenvalue weighted by atomic mass is 79.9. The van der Waals surface area contributed by atoms with E-state index in [0.29, 0.717) is 17.9 Å². The van der Waals surface area contributed by atoms with Gasteiger partial charge in [-0.1, -0.05) is 57.6 Å². The Kier molecular flexibility index (Phi) is 4.08. The van der Waals surface area contributed by atoms with Crippen molar-refractivity contribution in [2.24, 2.45) is 4.99 Å². The number of rotatable bonds is 2. The molecule has 0 amide bonds. The number of nitrogens with zero attached hydrogens (tertiary/aromatic N) is 3. The average Bonchev–Trinajstić information content (AvgIpc) is 2.91. The van der Waals surface area contributed by atoms with Crippen LogP contribution < -0.4 is 19.8 Å². The van der Waals surface area contributed by atoms with Crippen LogP contribution in [-0.4, -0.2) is 11.2 Å². The van der Waals surface area contributed by atoms with E-state index in [1.54, 1.807) is 4.57 Å². The maximum Gasteiger partial charge on any atom is 0.271 e. The smallest absolute Gasteiger partial charge is 0.271 e. The minimum Gasteiger partial charge on any atom is -0.334 e. The second-order valence-corrected chi connectivity index (χ2v) is 7.42. The van der Waals surface area contributed by atoms with Crippen molar-refractivity contribution in [3.8, 4) is 0 Å². The molecule has 3 aromatic rings. The number of halogens is 1. The maximum atomic E-state index is 12.7. The lowest BCUT2D eigenvalue weighted by Gasteiger charge is -2.25. The minimum absolute atomic E-state index is 0.0133. The van der Waals surface area contributed by atoms with Crippen LogP contribution >= 0.6 is 27.3 Å². The molecule has 0 spiro atoms. The molecule has 0 aliphatic carbocycles. The van der Waals surface area contributed by atoms with Gasteiger partial charge in [0, 0.05) is 10.2 Å². The van der Waals surface area contributed by atoms with Crippen LogP contribution in [0, 0.1) is 0 Å². The third kappa shape index (κ3) is 2.95. The van der Waals surface area contributed by atoms with Gasteiger partial charge in [-0.25, -0.2) is 4.99 Å². The first-order chi connectivity index (χ1) is 11.7. The van der Waals surface area contributed by atoms with Crippen molar-refractivity contribution in [1.82, 2.24) is 4.57 Å². The summed E-state index contributed by atoms with van der Waals surface area (Å²) in [6.07, 6.45) is 1.92. The van der Waals surface area contributed by atoms with Gasteiger partial charge in [0.05, 0.1) is 4.53 Å². The van der Waals surface area contributed by atoms with E-state index in [-0.39, 0.29) is 5.56 Å². The van der Waals surface area contributed by atoms with Crippen LogP contribution in [0.3, 0.4) is 0 Å². The zero-order chi connectivity index (χ0) is 16.5. The van der Waals surface area contributed by atoms with Gasteiger partial charge in [-0.05, 0) is 35.9 Å². The standard InChI is InChI=1S/C18H14BrN3OS/c19-14-6-4-5-13(9-14)10-16-17(23)22-12-21(11-20-18(22)24-16)15-7-2-1-3-8-15/h1-10H,11-12H2/b16-10-. The Morgan fingerprint density at radius 3 is 2.75 bits per heavy atom. The van der Waals surface area contributed by atoms with Gasteiger partial charge in [0.25, 0.3) is 5.56 Å². The predicted molar refractivity (Wildman–Crippen MR) is 101 cm³/mol. The van der Waals surface area contributed by atoms with Crippen molar-refractivity contribution >= 4 is 39.0 Å².